The van der Waals surface area contributed by atoms with Crippen LogP contribution in [0.15, 0.2) is 73.3 Å². The number of aryl methyl sites for hydroxylation is 1. The molecule has 26 heavy (non-hydrogen) atoms. The van der Waals surface area contributed by atoms with Crippen LogP contribution in [0.25, 0.3) is 0 Å². The molecule has 0 saturated heterocycles. The van der Waals surface area contributed by atoms with Crippen molar-refractivity contribution >= 4 is 0 Å². The Labute approximate surface area is 155 Å². The van der Waals surface area contributed by atoms with Gasteiger partial charge in [-0.1, -0.05) is 42.9 Å². The van der Waals surface area contributed by atoms with E-state index >= 15 is 0 Å². The minimum Gasteiger partial charge on any atom is -0.494 e. The first-order valence-electron chi connectivity index (χ1n) is 9.16. The van der Waals surface area contributed by atoms with Crippen molar-refractivity contribution in [1.29, 1.82) is 0 Å². The Morgan fingerprint density at radius 3 is 2.27 bits per heavy atom. The van der Waals surface area contributed by atoms with Crippen LogP contribution in [0.4, 0.5) is 0 Å². The minimum atomic E-state index is 0.764. The van der Waals surface area contributed by atoms with Gasteiger partial charge in [-0.3, -0.25) is 0 Å². The van der Waals surface area contributed by atoms with Gasteiger partial charge in [-0.2, -0.15) is 0 Å². The zero-order valence-corrected chi connectivity index (χ0v) is 15.0. The molecule has 0 aliphatic heterocycles. The van der Waals surface area contributed by atoms with E-state index in [1.807, 2.05) is 73.3 Å². The first-order chi connectivity index (χ1) is 12.9. The predicted octanol–water partition coefficient (Wildman–Crippen LogP) is 4.92. The van der Waals surface area contributed by atoms with Gasteiger partial charge in [0.15, 0.2) is 0 Å². The summed E-state index contributed by atoms with van der Waals surface area (Å²) in [7, 11) is 0. The number of aromatic nitrogens is 2. The maximum Gasteiger partial charge on any atom is 0.119 e. The molecule has 0 aliphatic carbocycles. The molecule has 0 radical (unpaired) electrons. The van der Waals surface area contributed by atoms with Crippen LogP contribution in [0.5, 0.6) is 5.75 Å². The lowest BCUT2D eigenvalue weighted by Crippen LogP contribution is -1.98. The van der Waals surface area contributed by atoms with Crippen molar-refractivity contribution in [3.05, 3.63) is 84.4 Å². The van der Waals surface area contributed by atoms with E-state index in [2.05, 4.69) is 21.4 Å². The number of rotatable bonds is 8. The third-order valence-electron chi connectivity index (χ3n) is 4.12. The number of hydrogen-bond donors (Lipinski definition) is 0. The molecular formula is C23H24N2O. The van der Waals surface area contributed by atoms with Crippen LogP contribution in [0, 0.1) is 11.8 Å². The van der Waals surface area contributed by atoms with Gasteiger partial charge in [0.1, 0.15) is 5.75 Å². The van der Waals surface area contributed by atoms with E-state index in [-0.39, 0.29) is 0 Å². The van der Waals surface area contributed by atoms with E-state index in [1.165, 1.54) is 19.3 Å². The lowest BCUT2D eigenvalue weighted by molar-refractivity contribution is 0.304. The summed E-state index contributed by atoms with van der Waals surface area (Å²) in [6, 6.07) is 18.0. The van der Waals surface area contributed by atoms with Crippen molar-refractivity contribution in [2.75, 3.05) is 6.61 Å². The molecule has 3 heteroatoms. The van der Waals surface area contributed by atoms with Gasteiger partial charge in [-0.05, 0) is 49.2 Å². The maximum atomic E-state index is 5.81. The normalized spacial score (nSPS) is 10.2. The van der Waals surface area contributed by atoms with Gasteiger partial charge >= 0.3 is 0 Å². The van der Waals surface area contributed by atoms with E-state index in [9.17, 15) is 0 Å². The molecular weight excluding hydrogens is 320 g/mol. The van der Waals surface area contributed by atoms with Gasteiger partial charge in [-0.15, -0.1) is 0 Å². The van der Waals surface area contributed by atoms with Gasteiger partial charge in [0.2, 0.25) is 0 Å². The highest BCUT2D eigenvalue weighted by Crippen LogP contribution is 2.13. The Morgan fingerprint density at radius 2 is 1.54 bits per heavy atom. The Morgan fingerprint density at radius 1 is 0.808 bits per heavy atom. The molecule has 1 heterocycles. The van der Waals surface area contributed by atoms with Crippen LogP contribution < -0.4 is 4.74 Å². The molecule has 0 bridgehead atoms. The summed E-state index contributed by atoms with van der Waals surface area (Å²) in [4.78, 5) is 4.05. The van der Waals surface area contributed by atoms with Crippen molar-refractivity contribution in [1.82, 2.24) is 9.55 Å². The molecule has 0 spiro atoms. The minimum absolute atomic E-state index is 0.764. The fourth-order valence-corrected chi connectivity index (χ4v) is 2.66. The largest absolute Gasteiger partial charge is 0.494 e. The number of ether oxygens (including phenoxy) is 1. The SMILES string of the molecule is C(#Cc1ccc(OCCCCCCn2ccnc2)cc1)c1ccccc1. The average molecular weight is 344 g/mol. The number of unbranched alkanes of at least 4 members (excludes halogenated alkanes) is 3. The zero-order valence-electron chi connectivity index (χ0n) is 15.0. The molecule has 3 nitrogen and oxygen atoms in total. The van der Waals surface area contributed by atoms with Gasteiger partial charge in [0.25, 0.3) is 0 Å². The lowest BCUT2D eigenvalue weighted by atomic mass is 10.2. The van der Waals surface area contributed by atoms with E-state index in [0.717, 1.165) is 36.4 Å². The second-order valence-electron chi connectivity index (χ2n) is 6.20. The van der Waals surface area contributed by atoms with E-state index < -0.39 is 0 Å². The summed E-state index contributed by atoms with van der Waals surface area (Å²) in [5.74, 6) is 7.25. The van der Waals surface area contributed by atoms with E-state index in [0.29, 0.717) is 0 Å². The van der Waals surface area contributed by atoms with E-state index in [4.69, 9.17) is 4.74 Å². The van der Waals surface area contributed by atoms with Crippen molar-refractivity contribution in [2.24, 2.45) is 0 Å². The second-order valence-corrected chi connectivity index (χ2v) is 6.20. The highest BCUT2D eigenvalue weighted by Gasteiger charge is 1.96. The molecule has 0 fully saturated rings. The smallest absolute Gasteiger partial charge is 0.119 e. The first kappa shape index (κ1) is 17.8. The maximum absolute atomic E-state index is 5.81. The van der Waals surface area contributed by atoms with Crippen molar-refractivity contribution in [3.63, 3.8) is 0 Å². The molecule has 0 aliphatic rings. The van der Waals surface area contributed by atoms with Crippen LogP contribution in [0.2, 0.25) is 0 Å². The molecule has 3 aromatic rings. The Kier molecular flexibility index (Phi) is 6.93. The number of imidazole rings is 1. The molecule has 1 aromatic heterocycles. The Bertz CT molecular complexity index is 812. The second kappa shape index (κ2) is 10.1. The predicted molar refractivity (Wildman–Crippen MR) is 105 cm³/mol. The fraction of sp³-hybridized carbons (Fsp3) is 0.261. The highest BCUT2D eigenvalue weighted by molar-refractivity contribution is 5.44. The fourth-order valence-electron chi connectivity index (χ4n) is 2.66. The number of hydrogen-bond acceptors (Lipinski definition) is 2. The number of benzene rings is 2. The van der Waals surface area contributed by atoms with Crippen molar-refractivity contribution in [3.8, 4) is 17.6 Å². The molecule has 3 rings (SSSR count). The van der Waals surface area contributed by atoms with Crippen LogP contribution in [0.3, 0.4) is 0 Å². The van der Waals surface area contributed by atoms with Gasteiger partial charge in [0.05, 0.1) is 12.9 Å². The van der Waals surface area contributed by atoms with Gasteiger partial charge < -0.3 is 9.30 Å². The standard InChI is InChI=1S/C23H24N2O/c1(6-17-25-18-16-24-20-25)2-7-19-26-23-14-12-22(13-15-23)11-10-21-8-4-3-5-9-21/h3-5,8-9,12-16,18,20H,1-2,6-7,17,19H2. The molecule has 0 unspecified atom stereocenters. The molecule has 0 saturated carbocycles. The molecule has 0 atom stereocenters. The molecule has 132 valence electrons. The quantitative estimate of drug-likeness (QED) is 0.428. The zero-order chi connectivity index (χ0) is 17.9. The first-order valence-corrected chi connectivity index (χ1v) is 9.16. The van der Waals surface area contributed by atoms with Crippen LogP contribution in [-0.2, 0) is 6.54 Å². The molecule has 2 aromatic carbocycles. The number of nitrogens with zero attached hydrogens (tertiary/aromatic N) is 2. The molecule has 0 amide bonds. The van der Waals surface area contributed by atoms with Crippen LogP contribution in [-0.4, -0.2) is 16.2 Å². The topological polar surface area (TPSA) is 27.1 Å². The van der Waals surface area contributed by atoms with Gasteiger partial charge in [0, 0.05) is 30.1 Å². The monoisotopic (exact) mass is 344 g/mol. The van der Waals surface area contributed by atoms with Gasteiger partial charge in [-0.25, -0.2) is 4.98 Å². The summed E-state index contributed by atoms with van der Waals surface area (Å²) in [5.41, 5.74) is 2.03. The average Bonchev–Trinajstić information content (AvgIpc) is 3.21. The third-order valence-corrected chi connectivity index (χ3v) is 4.12. The summed E-state index contributed by atoms with van der Waals surface area (Å²) >= 11 is 0. The van der Waals surface area contributed by atoms with Crippen LogP contribution in [0.1, 0.15) is 36.8 Å². The Balaban J connectivity index is 1.32. The van der Waals surface area contributed by atoms with E-state index in [1.54, 1.807) is 0 Å². The summed E-state index contributed by atoms with van der Waals surface area (Å²) in [6.45, 7) is 1.81. The summed E-state index contributed by atoms with van der Waals surface area (Å²) in [5, 5.41) is 0. The highest BCUT2D eigenvalue weighted by atomic mass is 16.5. The summed E-state index contributed by atoms with van der Waals surface area (Å²) in [6.07, 6.45) is 10.4. The Hall–Kier alpha value is -2.99. The van der Waals surface area contributed by atoms with Crippen molar-refractivity contribution in [2.45, 2.75) is 32.2 Å². The van der Waals surface area contributed by atoms with Crippen molar-refractivity contribution < 1.29 is 4.74 Å². The molecule has 0 N–H and O–H groups in total. The van der Waals surface area contributed by atoms with Crippen LogP contribution >= 0.6 is 0 Å². The summed E-state index contributed by atoms with van der Waals surface area (Å²) < 4.78 is 7.94. The lowest BCUT2D eigenvalue weighted by Gasteiger charge is -2.06. The third kappa shape index (κ3) is 6.14.